The van der Waals surface area contributed by atoms with Gasteiger partial charge in [-0.1, -0.05) is 291 Å². The number of ether oxygens (including phenoxy) is 4. The van der Waals surface area contributed by atoms with Crippen LogP contribution in [0.5, 0.6) is 0 Å². The van der Waals surface area contributed by atoms with E-state index in [0.29, 0.717) is 32.1 Å². The third-order valence-corrected chi connectivity index (χ3v) is 17.2. The molecular weight excluding hydrogens is 1260 g/mol. The van der Waals surface area contributed by atoms with Crippen LogP contribution < -0.4 is 0 Å². The summed E-state index contributed by atoms with van der Waals surface area (Å²) in [5.41, 5.74) is 0. The average Bonchev–Trinajstić information content (AvgIpc) is 1.09. The number of esters is 4. The highest BCUT2D eigenvalue weighted by molar-refractivity contribution is 7.47. The molecule has 96 heavy (non-hydrogen) atoms. The summed E-state index contributed by atoms with van der Waals surface area (Å²) in [5.74, 6) is -2.36. The van der Waals surface area contributed by atoms with E-state index in [9.17, 15) is 43.2 Å². The first-order chi connectivity index (χ1) is 46.7. The van der Waals surface area contributed by atoms with E-state index < -0.39 is 97.5 Å². The molecule has 0 aliphatic heterocycles. The van der Waals surface area contributed by atoms with Crippen LogP contribution in [0.1, 0.15) is 297 Å². The van der Waals surface area contributed by atoms with Gasteiger partial charge in [-0.25, -0.2) is 9.13 Å². The van der Waals surface area contributed by atoms with Gasteiger partial charge in [0.1, 0.15) is 19.3 Å². The number of rotatable bonds is 69. The minimum atomic E-state index is -5.00. The SMILES string of the molecule is CC/C=C\C/C=C\C/C=C\C/C=C\C/C=C\CC(=O)OCC(COP(=O)(O)OCC(O)COP(=O)(O)OCC(COC(=O)CCCCCCCCCCCCCCCCC)OC(=O)CCCCCCCCCCCCC)OC(=O)CCCC/C=C\C/C=C\C/C=C\C/C=C\CC. The fourth-order valence-electron chi connectivity index (χ4n) is 9.70. The predicted molar refractivity (Wildman–Crippen MR) is 390 cm³/mol. The summed E-state index contributed by atoms with van der Waals surface area (Å²) in [6, 6.07) is 0. The molecule has 0 amide bonds. The van der Waals surface area contributed by atoms with Gasteiger partial charge in [-0.2, -0.15) is 0 Å². The van der Waals surface area contributed by atoms with E-state index in [2.05, 4.69) is 107 Å². The van der Waals surface area contributed by atoms with Gasteiger partial charge in [0.2, 0.25) is 0 Å². The predicted octanol–water partition coefficient (Wildman–Crippen LogP) is 21.0. The second kappa shape index (κ2) is 69.2. The molecule has 0 aromatic carbocycles. The fraction of sp³-hybridized carbons (Fsp3) is 0.714. The maximum absolute atomic E-state index is 13.0. The number of phosphoric ester groups is 2. The van der Waals surface area contributed by atoms with Gasteiger partial charge in [0, 0.05) is 19.3 Å². The van der Waals surface area contributed by atoms with E-state index in [1.165, 1.54) is 109 Å². The maximum atomic E-state index is 13.0. The summed E-state index contributed by atoms with van der Waals surface area (Å²) in [5, 5.41) is 10.6. The first kappa shape index (κ1) is 91.7. The van der Waals surface area contributed by atoms with Gasteiger partial charge in [-0.3, -0.25) is 37.3 Å². The molecule has 0 spiro atoms. The number of hydrogen-bond donors (Lipinski definition) is 3. The third kappa shape index (κ3) is 68.3. The molecule has 5 atom stereocenters. The molecule has 0 heterocycles. The molecule has 0 aromatic rings. The van der Waals surface area contributed by atoms with Crippen molar-refractivity contribution < 1.29 is 80.2 Å². The van der Waals surface area contributed by atoms with Gasteiger partial charge in [-0.05, 0) is 89.9 Å². The van der Waals surface area contributed by atoms with Crippen LogP contribution in [-0.4, -0.2) is 96.7 Å². The topological polar surface area (TPSA) is 237 Å². The van der Waals surface area contributed by atoms with Crippen LogP contribution in [-0.2, 0) is 65.4 Å². The minimum Gasteiger partial charge on any atom is -0.462 e. The van der Waals surface area contributed by atoms with Crippen molar-refractivity contribution in [2.75, 3.05) is 39.6 Å². The molecule has 0 saturated heterocycles. The van der Waals surface area contributed by atoms with E-state index in [1.54, 1.807) is 6.08 Å². The van der Waals surface area contributed by atoms with E-state index in [1.807, 2.05) is 24.3 Å². The van der Waals surface area contributed by atoms with Crippen LogP contribution in [0.25, 0.3) is 0 Å². The van der Waals surface area contributed by atoms with E-state index >= 15 is 0 Å². The van der Waals surface area contributed by atoms with Gasteiger partial charge in [-0.15, -0.1) is 0 Å². The Balaban J connectivity index is 5.41. The molecule has 0 fully saturated rings. The molecule has 3 N–H and O–H groups in total. The second-order valence-electron chi connectivity index (χ2n) is 24.5. The van der Waals surface area contributed by atoms with Crippen molar-refractivity contribution in [1.82, 2.24) is 0 Å². The normalized spacial score (nSPS) is 14.6. The molecule has 0 rings (SSSR count). The van der Waals surface area contributed by atoms with E-state index in [-0.39, 0.29) is 25.7 Å². The number of aliphatic hydroxyl groups excluding tert-OH is 1. The molecular formula is C77H132O17P2. The van der Waals surface area contributed by atoms with E-state index in [4.69, 9.17) is 37.0 Å². The van der Waals surface area contributed by atoms with Gasteiger partial charge in [0.15, 0.2) is 12.2 Å². The molecule has 0 aliphatic rings. The number of phosphoric acid groups is 2. The second-order valence-corrected chi connectivity index (χ2v) is 27.4. The Bertz CT molecular complexity index is 2250. The molecule has 0 bridgehead atoms. The van der Waals surface area contributed by atoms with E-state index in [0.717, 1.165) is 103 Å². The Morgan fingerprint density at radius 3 is 0.927 bits per heavy atom. The zero-order valence-electron chi connectivity index (χ0n) is 60.0. The Kier molecular flexibility index (Phi) is 66.1. The lowest BCUT2D eigenvalue weighted by molar-refractivity contribution is -0.161. The first-order valence-corrected chi connectivity index (χ1v) is 40.1. The first-order valence-electron chi connectivity index (χ1n) is 37.1. The summed E-state index contributed by atoms with van der Waals surface area (Å²) < 4.78 is 68.2. The number of carbonyl (C=O) groups is 4. The van der Waals surface area contributed by atoms with Crippen molar-refractivity contribution >= 4 is 39.5 Å². The molecule has 0 aromatic heterocycles. The number of aliphatic hydroxyl groups is 1. The molecule has 0 radical (unpaired) electrons. The van der Waals surface area contributed by atoms with Crippen molar-refractivity contribution in [2.24, 2.45) is 0 Å². The summed E-state index contributed by atoms with van der Waals surface area (Å²) in [6.45, 7) is 4.48. The number of allylic oxidation sites excluding steroid dienone is 17. The quantitative estimate of drug-likeness (QED) is 0.0169. The number of hydrogen-bond acceptors (Lipinski definition) is 15. The van der Waals surface area contributed by atoms with Crippen LogP contribution in [0.15, 0.2) is 109 Å². The van der Waals surface area contributed by atoms with Crippen LogP contribution in [0.2, 0.25) is 0 Å². The highest BCUT2D eigenvalue weighted by Gasteiger charge is 2.30. The standard InChI is InChI=1S/C77H132O17P2/c1-5-9-13-17-21-25-29-32-35-38-42-45-49-53-57-61-74(79)87-67-72(93-76(81)63-59-55-51-47-41-28-24-20-16-12-8-4)69-91-95(83,84)89-65-71(78)66-90-96(85,86)92-70-73(94-77(82)64-60-56-52-48-44-40-37-34-31-27-23-19-15-11-7-3)68-88-75(80)62-58-54-50-46-43-39-36-33-30-26-22-18-14-10-6-2/h10-11,14-15,22-23,26-27,33-34,36-37,43-44,46,48,54,58,71-73,78H,5-9,12-13,16-21,24-25,28-32,35,38-42,45,47,49-53,55-57,59-70H2,1-4H3,(H,83,84)(H,85,86)/b14-10-,15-11-,26-22-,27-23-,36-33-,37-34-,46-43-,48-44-,58-54-. The van der Waals surface area contributed by atoms with Crippen molar-refractivity contribution in [3.8, 4) is 0 Å². The molecule has 19 heteroatoms. The van der Waals surface area contributed by atoms with Crippen LogP contribution in [0.3, 0.4) is 0 Å². The largest absolute Gasteiger partial charge is 0.472 e. The van der Waals surface area contributed by atoms with Gasteiger partial charge >= 0.3 is 39.5 Å². The summed E-state index contributed by atoms with van der Waals surface area (Å²) in [7, 11) is -9.98. The molecule has 17 nitrogen and oxygen atoms in total. The van der Waals surface area contributed by atoms with Crippen LogP contribution >= 0.6 is 15.6 Å². The zero-order valence-corrected chi connectivity index (χ0v) is 61.8. The van der Waals surface area contributed by atoms with Gasteiger partial charge in [0.25, 0.3) is 0 Å². The van der Waals surface area contributed by atoms with Crippen molar-refractivity contribution in [1.29, 1.82) is 0 Å². The average molecular weight is 1390 g/mol. The smallest absolute Gasteiger partial charge is 0.462 e. The Labute approximate surface area is 581 Å². The molecule has 552 valence electrons. The van der Waals surface area contributed by atoms with Gasteiger partial charge < -0.3 is 33.8 Å². The van der Waals surface area contributed by atoms with Crippen molar-refractivity contribution in [3.05, 3.63) is 109 Å². The lowest BCUT2D eigenvalue weighted by Gasteiger charge is -2.21. The van der Waals surface area contributed by atoms with Crippen molar-refractivity contribution in [3.63, 3.8) is 0 Å². The summed E-state index contributed by atoms with van der Waals surface area (Å²) >= 11 is 0. The monoisotopic (exact) mass is 1390 g/mol. The fourth-order valence-corrected chi connectivity index (χ4v) is 11.3. The molecule has 5 unspecified atom stereocenters. The Hall–Kier alpha value is -4.28. The Morgan fingerprint density at radius 2 is 0.583 bits per heavy atom. The molecule has 0 saturated carbocycles. The highest BCUT2D eigenvalue weighted by atomic mass is 31.2. The lowest BCUT2D eigenvalue weighted by atomic mass is 10.0. The summed E-state index contributed by atoms with van der Waals surface area (Å²) in [6.07, 6.45) is 72.7. The maximum Gasteiger partial charge on any atom is 0.472 e. The third-order valence-electron chi connectivity index (χ3n) is 15.3. The summed E-state index contributed by atoms with van der Waals surface area (Å²) in [4.78, 5) is 72.6. The van der Waals surface area contributed by atoms with Gasteiger partial charge in [0.05, 0.1) is 32.8 Å². The number of carbonyl (C=O) groups excluding carboxylic acids is 4. The highest BCUT2D eigenvalue weighted by Crippen LogP contribution is 2.45. The van der Waals surface area contributed by atoms with Crippen molar-refractivity contribution in [2.45, 2.75) is 316 Å². The lowest BCUT2D eigenvalue weighted by Crippen LogP contribution is -2.30. The number of unbranched alkanes of at least 4 members (excludes halogenated alkanes) is 26. The van der Waals surface area contributed by atoms with Crippen LogP contribution in [0, 0.1) is 0 Å². The zero-order chi connectivity index (χ0) is 70.4. The Morgan fingerprint density at radius 1 is 0.312 bits per heavy atom. The minimum absolute atomic E-state index is 0.0221. The molecule has 0 aliphatic carbocycles. The van der Waals surface area contributed by atoms with Crippen LogP contribution in [0.4, 0.5) is 0 Å².